The summed E-state index contributed by atoms with van der Waals surface area (Å²) in [7, 11) is 0. The van der Waals surface area contributed by atoms with Gasteiger partial charge in [-0.1, -0.05) is 165 Å². The van der Waals surface area contributed by atoms with E-state index in [1.54, 1.807) is 0 Å². The highest BCUT2D eigenvalue weighted by Crippen LogP contribution is 2.61. The van der Waals surface area contributed by atoms with Crippen LogP contribution in [-0.4, -0.2) is 19.5 Å². The lowest BCUT2D eigenvalue weighted by molar-refractivity contribution is 0.549. The molecule has 60 heavy (non-hydrogen) atoms. The second-order valence-electron chi connectivity index (χ2n) is 16.4. The fourth-order valence-corrected chi connectivity index (χ4v) is 11.3. The zero-order chi connectivity index (χ0) is 40.0. The fraction of sp³-hybridized carbons (Fsp3) is 0.0727. The molecule has 10 aromatic rings. The van der Waals surface area contributed by atoms with E-state index in [1.807, 2.05) is 30.0 Å². The molecule has 0 amide bonds. The van der Waals surface area contributed by atoms with E-state index >= 15 is 0 Å². The summed E-state index contributed by atoms with van der Waals surface area (Å²) in [5, 5.41) is 2.48. The predicted molar refractivity (Wildman–Crippen MR) is 245 cm³/mol. The summed E-state index contributed by atoms with van der Waals surface area (Å²) in [5.74, 6) is 1.93. The summed E-state index contributed by atoms with van der Waals surface area (Å²) in [6.07, 6.45) is 0. The zero-order valence-corrected chi connectivity index (χ0v) is 34.0. The first-order valence-corrected chi connectivity index (χ1v) is 21.3. The number of hydrogen-bond acceptors (Lipinski definition) is 4. The molecule has 2 aromatic heterocycles. The quantitative estimate of drug-likeness (QED) is 0.178. The lowest BCUT2D eigenvalue weighted by Gasteiger charge is -2.50. The fourth-order valence-electron chi connectivity index (χ4n) is 10.1. The Morgan fingerprint density at radius 3 is 1.45 bits per heavy atom. The second kappa shape index (κ2) is 13.2. The molecular formula is C55H38N4S. The Bertz CT molecular complexity index is 3230. The van der Waals surface area contributed by atoms with Crippen molar-refractivity contribution in [2.75, 3.05) is 0 Å². The van der Waals surface area contributed by atoms with Gasteiger partial charge in [-0.05, 0) is 88.0 Å². The van der Waals surface area contributed by atoms with E-state index in [0.717, 1.165) is 22.4 Å². The Hall–Kier alpha value is -7.08. The molecule has 12 rings (SSSR count). The van der Waals surface area contributed by atoms with Crippen molar-refractivity contribution in [3.63, 3.8) is 0 Å². The van der Waals surface area contributed by atoms with Gasteiger partial charge in [-0.15, -0.1) is 0 Å². The number of para-hydroxylation sites is 2. The van der Waals surface area contributed by atoms with Crippen molar-refractivity contribution < 1.29 is 0 Å². The molecular weight excluding hydrogens is 749 g/mol. The van der Waals surface area contributed by atoms with Gasteiger partial charge in [0, 0.05) is 48.4 Å². The van der Waals surface area contributed by atoms with E-state index < -0.39 is 5.41 Å². The van der Waals surface area contributed by atoms with Crippen LogP contribution in [0.15, 0.2) is 204 Å². The van der Waals surface area contributed by atoms with Crippen molar-refractivity contribution in [3.8, 4) is 39.9 Å². The molecule has 0 saturated carbocycles. The Labute approximate surface area is 353 Å². The van der Waals surface area contributed by atoms with Crippen LogP contribution in [0, 0.1) is 0 Å². The first-order valence-electron chi connectivity index (χ1n) is 20.5. The molecule has 0 N–H and O–H groups in total. The highest BCUT2D eigenvalue weighted by Gasteiger charge is 2.52. The van der Waals surface area contributed by atoms with Crippen molar-refractivity contribution in [3.05, 3.63) is 228 Å². The Morgan fingerprint density at radius 1 is 0.383 bits per heavy atom. The molecule has 0 saturated heterocycles. The van der Waals surface area contributed by atoms with Gasteiger partial charge in [0.25, 0.3) is 0 Å². The molecule has 284 valence electrons. The molecule has 3 heterocycles. The number of benzene rings is 8. The van der Waals surface area contributed by atoms with Crippen LogP contribution in [0.3, 0.4) is 0 Å². The molecule has 2 aliphatic rings. The zero-order valence-electron chi connectivity index (χ0n) is 33.2. The van der Waals surface area contributed by atoms with Crippen LogP contribution in [0.5, 0.6) is 0 Å². The van der Waals surface area contributed by atoms with Crippen molar-refractivity contribution in [2.24, 2.45) is 0 Å². The summed E-state index contributed by atoms with van der Waals surface area (Å²) in [4.78, 5) is 18.2. The molecule has 5 heteroatoms. The maximum absolute atomic E-state index is 5.28. The average molecular weight is 787 g/mol. The minimum atomic E-state index is -0.490. The summed E-state index contributed by atoms with van der Waals surface area (Å²) >= 11 is 1.87. The van der Waals surface area contributed by atoms with Crippen LogP contribution in [0.25, 0.3) is 61.7 Å². The summed E-state index contributed by atoms with van der Waals surface area (Å²) in [5.41, 5.74) is 13.4. The molecule has 4 nitrogen and oxygen atoms in total. The number of hydrogen-bond donors (Lipinski definition) is 0. The molecule has 0 radical (unpaired) electrons. The smallest absolute Gasteiger partial charge is 0.164 e. The van der Waals surface area contributed by atoms with Gasteiger partial charge in [0.05, 0.1) is 16.4 Å². The van der Waals surface area contributed by atoms with Crippen molar-refractivity contribution in [1.82, 2.24) is 19.5 Å². The number of fused-ring (bicyclic) bond motifs is 11. The first kappa shape index (κ1) is 34.9. The minimum Gasteiger partial charge on any atom is -0.309 e. The van der Waals surface area contributed by atoms with Crippen LogP contribution in [0.2, 0.25) is 0 Å². The highest BCUT2D eigenvalue weighted by atomic mass is 32.2. The van der Waals surface area contributed by atoms with Crippen molar-refractivity contribution in [2.45, 2.75) is 34.5 Å². The highest BCUT2D eigenvalue weighted by molar-refractivity contribution is 7.99. The largest absolute Gasteiger partial charge is 0.309 e. The molecule has 0 atom stereocenters. The molecule has 1 aliphatic heterocycles. The molecule has 0 bridgehead atoms. The molecule has 0 unspecified atom stereocenters. The topological polar surface area (TPSA) is 43.6 Å². The van der Waals surface area contributed by atoms with Gasteiger partial charge >= 0.3 is 0 Å². The van der Waals surface area contributed by atoms with Crippen LogP contribution < -0.4 is 0 Å². The third-order valence-corrected chi connectivity index (χ3v) is 13.9. The van der Waals surface area contributed by atoms with E-state index in [4.69, 9.17) is 15.0 Å². The van der Waals surface area contributed by atoms with Crippen LogP contribution in [0.4, 0.5) is 0 Å². The summed E-state index contributed by atoms with van der Waals surface area (Å²) in [6, 6.07) is 70.1. The molecule has 1 spiro atoms. The van der Waals surface area contributed by atoms with E-state index in [0.29, 0.717) is 17.5 Å². The average Bonchev–Trinajstić information content (AvgIpc) is 3.65. The predicted octanol–water partition coefficient (Wildman–Crippen LogP) is 13.5. The third kappa shape index (κ3) is 5.02. The molecule has 1 aliphatic carbocycles. The minimum absolute atomic E-state index is 0.303. The number of nitrogens with zero attached hydrogens (tertiary/aromatic N) is 4. The van der Waals surface area contributed by atoms with Gasteiger partial charge in [-0.3, -0.25) is 0 Å². The van der Waals surface area contributed by atoms with Crippen molar-refractivity contribution >= 4 is 33.6 Å². The third-order valence-electron chi connectivity index (χ3n) is 12.8. The standard InChI is InChI=1S/C55H38N4S/c1-54(2)41-20-8-9-21-42(41)55(44-22-10-14-26-49(44)60-50-27-15-11-23-45(50)55)43-33-30-37(34-46(43)54)53-57-51(35-16-4-3-5-17-35)56-52(58-53)36-28-31-38(32-29-36)59-47-24-12-6-18-39(47)40-19-7-13-25-48(40)59/h3-34H,1-2H3. The van der Waals surface area contributed by atoms with Crippen molar-refractivity contribution in [1.29, 1.82) is 0 Å². The van der Waals surface area contributed by atoms with Gasteiger partial charge in [0.15, 0.2) is 17.5 Å². The SMILES string of the molecule is CC1(C)c2ccccc2C2(c3ccccc3Sc3ccccc32)c2ccc(-c3nc(-c4ccccc4)nc(-c4ccc(-n5c6ccccc6c6ccccc65)cc4)n3)cc21. The van der Waals surface area contributed by atoms with E-state index in [2.05, 4.69) is 194 Å². The van der Waals surface area contributed by atoms with Gasteiger partial charge in [-0.25, -0.2) is 15.0 Å². The van der Waals surface area contributed by atoms with Crippen LogP contribution in [0.1, 0.15) is 47.2 Å². The Balaban J connectivity index is 1.05. The molecule has 0 fully saturated rings. The van der Waals surface area contributed by atoms with Gasteiger partial charge in [-0.2, -0.15) is 0 Å². The van der Waals surface area contributed by atoms with Gasteiger partial charge < -0.3 is 4.57 Å². The summed E-state index contributed by atoms with van der Waals surface area (Å²) in [6.45, 7) is 4.73. The monoisotopic (exact) mass is 786 g/mol. The lowest BCUT2D eigenvalue weighted by atomic mass is 9.54. The van der Waals surface area contributed by atoms with Crippen LogP contribution in [-0.2, 0) is 10.8 Å². The number of rotatable bonds is 4. The maximum atomic E-state index is 5.28. The van der Waals surface area contributed by atoms with Gasteiger partial charge in [0.1, 0.15) is 0 Å². The maximum Gasteiger partial charge on any atom is 0.164 e. The molecule has 8 aromatic carbocycles. The Morgan fingerprint density at radius 2 is 0.833 bits per heavy atom. The van der Waals surface area contributed by atoms with E-state index in [-0.39, 0.29) is 5.41 Å². The van der Waals surface area contributed by atoms with Crippen LogP contribution >= 0.6 is 11.8 Å². The van der Waals surface area contributed by atoms with E-state index in [9.17, 15) is 0 Å². The van der Waals surface area contributed by atoms with Gasteiger partial charge in [0.2, 0.25) is 0 Å². The second-order valence-corrected chi connectivity index (χ2v) is 17.4. The number of aromatic nitrogens is 4. The Kier molecular flexibility index (Phi) is 7.69. The lowest BCUT2D eigenvalue weighted by Crippen LogP contribution is -2.43. The summed E-state index contributed by atoms with van der Waals surface area (Å²) < 4.78 is 2.34. The first-order chi connectivity index (χ1) is 29.5. The normalized spacial score (nSPS) is 14.4. The van der Waals surface area contributed by atoms with E-state index in [1.165, 1.54) is 65.0 Å².